The lowest BCUT2D eigenvalue weighted by atomic mass is 10.2. The van der Waals surface area contributed by atoms with E-state index in [2.05, 4.69) is 26.5 Å². The highest BCUT2D eigenvalue weighted by atomic mass is 32.1. The Morgan fingerprint density at radius 2 is 2.21 bits per heavy atom. The number of terminal acetylenes is 1. The predicted molar refractivity (Wildman–Crippen MR) is 105 cm³/mol. The van der Waals surface area contributed by atoms with Crippen LogP contribution in [0, 0.1) is 18.3 Å². The maximum absolute atomic E-state index is 12.2. The number of aromatic nitrogens is 2. The Hall–Kier alpha value is -2.96. The van der Waals surface area contributed by atoms with E-state index in [1.54, 1.807) is 25.4 Å². The predicted octanol–water partition coefficient (Wildman–Crippen LogP) is 1.94. The van der Waals surface area contributed by atoms with Gasteiger partial charge in [-0.1, -0.05) is 5.92 Å². The van der Waals surface area contributed by atoms with Crippen LogP contribution in [0.2, 0.25) is 0 Å². The molecule has 0 saturated heterocycles. The van der Waals surface area contributed by atoms with E-state index < -0.39 is 0 Å². The van der Waals surface area contributed by atoms with Gasteiger partial charge in [-0.25, -0.2) is 9.97 Å². The van der Waals surface area contributed by atoms with Crippen LogP contribution in [0.15, 0.2) is 18.3 Å². The minimum absolute atomic E-state index is 0.0224. The first-order valence-corrected chi connectivity index (χ1v) is 9.58. The van der Waals surface area contributed by atoms with Crippen LogP contribution in [-0.2, 0) is 9.53 Å². The zero-order chi connectivity index (χ0) is 19.9. The average Bonchev–Trinajstić information content (AvgIpc) is 3.47. The molecule has 8 nitrogen and oxygen atoms in total. The van der Waals surface area contributed by atoms with Crippen LogP contribution in [0.5, 0.6) is 5.88 Å². The Morgan fingerprint density at radius 1 is 1.39 bits per heavy atom. The summed E-state index contributed by atoms with van der Waals surface area (Å²) in [6, 6.07) is 3.49. The van der Waals surface area contributed by atoms with E-state index in [1.807, 2.05) is 0 Å². The molecule has 1 saturated carbocycles. The first-order chi connectivity index (χ1) is 13.6. The maximum atomic E-state index is 12.2. The lowest BCUT2D eigenvalue weighted by Crippen LogP contribution is -2.18. The summed E-state index contributed by atoms with van der Waals surface area (Å²) in [6.07, 6.45) is 8.55. The molecule has 2 aromatic rings. The van der Waals surface area contributed by atoms with Gasteiger partial charge in [-0.15, -0.1) is 17.8 Å². The molecule has 2 aromatic heterocycles. The highest BCUT2D eigenvalue weighted by Gasteiger charge is 2.30. The third-order valence-corrected chi connectivity index (χ3v) is 4.97. The van der Waals surface area contributed by atoms with Gasteiger partial charge >= 0.3 is 0 Å². The van der Waals surface area contributed by atoms with Gasteiger partial charge in [0.15, 0.2) is 4.88 Å². The van der Waals surface area contributed by atoms with E-state index in [9.17, 15) is 9.59 Å². The lowest BCUT2D eigenvalue weighted by molar-refractivity contribution is -0.117. The van der Waals surface area contributed by atoms with Crippen molar-refractivity contribution in [3.63, 3.8) is 0 Å². The lowest BCUT2D eigenvalue weighted by Gasteiger charge is -2.05. The fourth-order valence-electron chi connectivity index (χ4n) is 2.32. The SMILES string of the molecule is C#CCOCCOc1nc(-c2ccnc(NC(=O)C3CC3)c2)sc1C(=O)NC. The quantitative estimate of drug-likeness (QED) is 0.493. The van der Waals surface area contributed by atoms with Gasteiger partial charge in [0.05, 0.1) is 6.61 Å². The van der Waals surface area contributed by atoms with Crippen molar-refractivity contribution >= 4 is 29.0 Å². The third kappa shape index (κ3) is 5.06. The molecule has 2 amide bonds. The molecule has 28 heavy (non-hydrogen) atoms. The van der Waals surface area contributed by atoms with E-state index in [4.69, 9.17) is 15.9 Å². The van der Waals surface area contributed by atoms with Crippen molar-refractivity contribution in [2.24, 2.45) is 5.92 Å². The van der Waals surface area contributed by atoms with E-state index in [-0.39, 0.29) is 43.4 Å². The second-order valence-electron chi connectivity index (χ2n) is 6.03. The average molecular weight is 400 g/mol. The summed E-state index contributed by atoms with van der Waals surface area (Å²) in [7, 11) is 1.54. The number of amides is 2. The normalized spacial score (nSPS) is 12.9. The van der Waals surface area contributed by atoms with E-state index in [1.165, 1.54) is 11.3 Å². The van der Waals surface area contributed by atoms with Gasteiger partial charge in [-0.05, 0) is 25.0 Å². The molecule has 0 unspecified atom stereocenters. The summed E-state index contributed by atoms with van der Waals surface area (Å²) in [5.41, 5.74) is 0.731. The number of ether oxygens (including phenoxy) is 2. The van der Waals surface area contributed by atoms with E-state index in [0.717, 1.165) is 18.4 Å². The number of nitrogens with one attached hydrogen (secondary N) is 2. The molecule has 3 rings (SSSR count). The number of carbonyl (C=O) groups is 2. The summed E-state index contributed by atoms with van der Waals surface area (Å²) in [5.74, 6) is 2.82. The number of pyridine rings is 1. The van der Waals surface area contributed by atoms with Gasteiger partial charge in [-0.2, -0.15) is 0 Å². The van der Waals surface area contributed by atoms with Crippen LogP contribution in [-0.4, -0.2) is 48.7 Å². The fraction of sp³-hybridized carbons (Fsp3) is 0.368. The molecule has 1 aliphatic carbocycles. The van der Waals surface area contributed by atoms with Gasteiger partial charge in [0.25, 0.3) is 5.91 Å². The van der Waals surface area contributed by atoms with Crippen LogP contribution in [0.3, 0.4) is 0 Å². The van der Waals surface area contributed by atoms with Crippen LogP contribution < -0.4 is 15.4 Å². The van der Waals surface area contributed by atoms with Crippen molar-refractivity contribution in [1.29, 1.82) is 0 Å². The molecule has 0 radical (unpaired) electrons. The number of thiazole rings is 1. The molecule has 0 atom stereocenters. The molecule has 0 aliphatic heterocycles. The molecule has 9 heteroatoms. The summed E-state index contributed by atoms with van der Waals surface area (Å²) >= 11 is 1.20. The number of anilines is 1. The summed E-state index contributed by atoms with van der Waals surface area (Å²) in [5, 5.41) is 5.97. The Morgan fingerprint density at radius 3 is 2.93 bits per heavy atom. The van der Waals surface area contributed by atoms with Gasteiger partial charge in [0.1, 0.15) is 24.0 Å². The Bertz CT molecular complexity index is 902. The number of carbonyl (C=O) groups excluding carboxylic acids is 2. The van der Waals surface area contributed by atoms with Crippen molar-refractivity contribution in [1.82, 2.24) is 15.3 Å². The van der Waals surface area contributed by atoms with Crippen molar-refractivity contribution in [3.05, 3.63) is 23.2 Å². The minimum atomic E-state index is -0.292. The molecule has 1 fully saturated rings. The molecule has 2 heterocycles. The third-order valence-electron chi connectivity index (χ3n) is 3.89. The highest BCUT2D eigenvalue weighted by molar-refractivity contribution is 7.17. The Labute approximate surface area is 166 Å². The molecule has 146 valence electrons. The topological polar surface area (TPSA) is 102 Å². The largest absolute Gasteiger partial charge is 0.474 e. The van der Waals surface area contributed by atoms with Crippen molar-refractivity contribution in [2.75, 3.05) is 32.2 Å². The first-order valence-electron chi connectivity index (χ1n) is 8.76. The van der Waals surface area contributed by atoms with E-state index >= 15 is 0 Å². The van der Waals surface area contributed by atoms with Gasteiger partial charge in [0.2, 0.25) is 11.8 Å². The maximum Gasteiger partial charge on any atom is 0.266 e. The summed E-state index contributed by atoms with van der Waals surface area (Å²) in [6.45, 7) is 0.699. The van der Waals surface area contributed by atoms with Gasteiger partial charge < -0.3 is 20.1 Å². The van der Waals surface area contributed by atoms with Gasteiger partial charge in [-0.3, -0.25) is 9.59 Å². The van der Waals surface area contributed by atoms with Crippen LogP contribution in [0.25, 0.3) is 10.6 Å². The molecular formula is C19H20N4O4S. The van der Waals surface area contributed by atoms with Crippen LogP contribution >= 0.6 is 11.3 Å². The summed E-state index contributed by atoms with van der Waals surface area (Å²) < 4.78 is 10.8. The zero-order valence-corrected chi connectivity index (χ0v) is 16.2. The van der Waals surface area contributed by atoms with Crippen LogP contribution in [0.1, 0.15) is 22.5 Å². The minimum Gasteiger partial charge on any atom is -0.474 e. The van der Waals surface area contributed by atoms with E-state index in [0.29, 0.717) is 15.7 Å². The number of rotatable bonds is 9. The fourth-order valence-corrected chi connectivity index (χ4v) is 3.27. The number of hydrogen-bond acceptors (Lipinski definition) is 7. The zero-order valence-electron chi connectivity index (χ0n) is 15.4. The van der Waals surface area contributed by atoms with Crippen molar-refractivity contribution in [2.45, 2.75) is 12.8 Å². The Kier molecular flexibility index (Phi) is 6.57. The Balaban J connectivity index is 1.76. The highest BCUT2D eigenvalue weighted by Crippen LogP contribution is 2.34. The van der Waals surface area contributed by atoms with Crippen molar-refractivity contribution < 1.29 is 19.1 Å². The monoisotopic (exact) mass is 400 g/mol. The summed E-state index contributed by atoms with van der Waals surface area (Å²) in [4.78, 5) is 33.1. The van der Waals surface area contributed by atoms with Crippen molar-refractivity contribution in [3.8, 4) is 28.8 Å². The standard InChI is InChI=1S/C19H20N4O4S/c1-3-8-26-9-10-27-18-15(17(25)20-2)28-19(23-18)13-6-7-21-14(11-13)22-16(24)12-4-5-12/h1,6-7,11-12H,4-5,8-10H2,2H3,(H,20,25)(H,21,22,24). The second kappa shape index (κ2) is 9.30. The van der Waals surface area contributed by atoms with Gasteiger partial charge in [0, 0.05) is 24.7 Å². The van der Waals surface area contributed by atoms with Crippen LogP contribution in [0.4, 0.5) is 5.82 Å². The molecule has 1 aliphatic rings. The molecule has 0 aromatic carbocycles. The second-order valence-corrected chi connectivity index (χ2v) is 7.03. The smallest absolute Gasteiger partial charge is 0.266 e. The molecule has 0 spiro atoms. The first kappa shape index (κ1) is 19.8. The number of nitrogens with zero attached hydrogens (tertiary/aromatic N) is 2. The molecular weight excluding hydrogens is 380 g/mol. The number of hydrogen-bond donors (Lipinski definition) is 2. The molecule has 2 N–H and O–H groups in total. The molecule has 0 bridgehead atoms.